The Labute approximate surface area is 99.2 Å². The Balaban J connectivity index is 2.07. The minimum Gasteiger partial charge on any atom is -0.313 e. The van der Waals surface area contributed by atoms with Gasteiger partial charge in [0.05, 0.1) is 5.75 Å². The predicted molar refractivity (Wildman–Crippen MR) is 66.9 cm³/mol. The Bertz CT molecular complexity index is 284. The quantitative estimate of drug-likeness (QED) is 0.676. The van der Waals surface area contributed by atoms with Crippen molar-refractivity contribution in [1.82, 2.24) is 10.0 Å². The van der Waals surface area contributed by atoms with Crippen molar-refractivity contribution >= 4 is 10.0 Å². The SMILES string of the molecule is CC(C)NCCS(=O)(=O)NCCC1CCC1. The number of hydrogen-bond acceptors (Lipinski definition) is 3. The average Bonchev–Trinajstić information content (AvgIpc) is 2.08. The Morgan fingerprint density at radius 1 is 1.25 bits per heavy atom. The molecule has 1 saturated carbocycles. The molecule has 1 fully saturated rings. The summed E-state index contributed by atoms with van der Waals surface area (Å²) in [5.74, 6) is 0.937. The number of sulfonamides is 1. The number of hydrogen-bond donors (Lipinski definition) is 2. The highest BCUT2D eigenvalue weighted by Crippen LogP contribution is 2.28. The highest BCUT2D eigenvalue weighted by atomic mass is 32.2. The molecule has 0 aromatic carbocycles. The molecule has 0 bridgehead atoms. The summed E-state index contributed by atoms with van der Waals surface area (Å²) in [6.45, 7) is 5.15. The Hall–Kier alpha value is -0.130. The van der Waals surface area contributed by atoms with Crippen LogP contribution in [0.1, 0.15) is 39.5 Å². The van der Waals surface area contributed by atoms with E-state index in [1.807, 2.05) is 13.8 Å². The van der Waals surface area contributed by atoms with Gasteiger partial charge in [0.25, 0.3) is 0 Å². The Kier molecular flexibility index (Phi) is 5.72. The fraction of sp³-hybridized carbons (Fsp3) is 1.00. The molecule has 4 nitrogen and oxygen atoms in total. The summed E-state index contributed by atoms with van der Waals surface area (Å²) < 4.78 is 25.8. The van der Waals surface area contributed by atoms with E-state index in [4.69, 9.17) is 0 Å². The van der Waals surface area contributed by atoms with Crippen LogP contribution in [0, 0.1) is 5.92 Å². The van der Waals surface area contributed by atoms with Crippen molar-refractivity contribution in [2.24, 2.45) is 5.92 Å². The van der Waals surface area contributed by atoms with Crippen LogP contribution in [0.5, 0.6) is 0 Å². The highest BCUT2D eigenvalue weighted by Gasteiger charge is 2.18. The van der Waals surface area contributed by atoms with E-state index in [1.165, 1.54) is 19.3 Å². The molecule has 1 aliphatic rings. The molecule has 0 aromatic heterocycles. The van der Waals surface area contributed by atoms with Gasteiger partial charge in [-0.1, -0.05) is 33.1 Å². The Morgan fingerprint density at radius 2 is 1.94 bits per heavy atom. The van der Waals surface area contributed by atoms with Crippen LogP contribution in [0.4, 0.5) is 0 Å². The van der Waals surface area contributed by atoms with E-state index in [2.05, 4.69) is 10.0 Å². The van der Waals surface area contributed by atoms with Crippen molar-refractivity contribution in [2.45, 2.75) is 45.6 Å². The van der Waals surface area contributed by atoms with Crippen molar-refractivity contribution in [3.63, 3.8) is 0 Å². The zero-order valence-electron chi connectivity index (χ0n) is 10.3. The van der Waals surface area contributed by atoms with E-state index in [1.54, 1.807) is 0 Å². The molecule has 0 saturated heterocycles. The topological polar surface area (TPSA) is 58.2 Å². The summed E-state index contributed by atoms with van der Waals surface area (Å²) >= 11 is 0. The summed E-state index contributed by atoms with van der Waals surface area (Å²) in [5, 5.41) is 3.10. The minimum absolute atomic E-state index is 0.176. The van der Waals surface area contributed by atoms with Gasteiger partial charge in [0.1, 0.15) is 0 Å². The van der Waals surface area contributed by atoms with Crippen LogP contribution in [-0.2, 0) is 10.0 Å². The first-order valence-corrected chi connectivity index (χ1v) is 7.85. The van der Waals surface area contributed by atoms with Crippen LogP contribution < -0.4 is 10.0 Å². The van der Waals surface area contributed by atoms with Gasteiger partial charge in [-0.2, -0.15) is 0 Å². The number of nitrogens with one attached hydrogen (secondary N) is 2. The van der Waals surface area contributed by atoms with Crippen molar-refractivity contribution in [3.05, 3.63) is 0 Å². The van der Waals surface area contributed by atoms with Gasteiger partial charge < -0.3 is 5.32 Å². The third-order valence-electron chi connectivity index (χ3n) is 3.02. The first kappa shape index (κ1) is 13.9. The van der Waals surface area contributed by atoms with E-state index in [9.17, 15) is 8.42 Å². The lowest BCUT2D eigenvalue weighted by atomic mass is 9.83. The van der Waals surface area contributed by atoms with Crippen molar-refractivity contribution < 1.29 is 8.42 Å². The largest absolute Gasteiger partial charge is 0.313 e. The fourth-order valence-electron chi connectivity index (χ4n) is 1.75. The van der Waals surface area contributed by atoms with E-state index in [-0.39, 0.29) is 5.75 Å². The third kappa shape index (κ3) is 5.82. The van der Waals surface area contributed by atoms with Crippen LogP contribution >= 0.6 is 0 Å². The van der Waals surface area contributed by atoms with E-state index in [0.717, 1.165) is 12.3 Å². The summed E-state index contributed by atoms with van der Waals surface area (Å²) in [5.41, 5.74) is 0. The van der Waals surface area contributed by atoms with E-state index in [0.29, 0.717) is 19.1 Å². The monoisotopic (exact) mass is 248 g/mol. The van der Waals surface area contributed by atoms with E-state index < -0.39 is 10.0 Å². The average molecular weight is 248 g/mol. The standard InChI is InChI=1S/C11H24N2O2S/c1-10(2)12-8-9-16(14,15)13-7-6-11-4-3-5-11/h10-13H,3-9H2,1-2H3. The van der Waals surface area contributed by atoms with Crippen LogP contribution in [0.2, 0.25) is 0 Å². The summed E-state index contributed by atoms with van der Waals surface area (Å²) in [6, 6.07) is 0.338. The first-order valence-electron chi connectivity index (χ1n) is 6.20. The zero-order valence-corrected chi connectivity index (χ0v) is 11.1. The molecule has 0 atom stereocenters. The molecular formula is C11H24N2O2S. The highest BCUT2D eigenvalue weighted by molar-refractivity contribution is 7.89. The van der Waals surface area contributed by atoms with Gasteiger partial charge in [-0.25, -0.2) is 13.1 Å². The maximum absolute atomic E-state index is 11.5. The smallest absolute Gasteiger partial charge is 0.212 e. The molecule has 2 N–H and O–H groups in total. The van der Waals surface area contributed by atoms with Gasteiger partial charge >= 0.3 is 0 Å². The van der Waals surface area contributed by atoms with E-state index >= 15 is 0 Å². The predicted octanol–water partition coefficient (Wildman–Crippen LogP) is 1.09. The fourth-order valence-corrected chi connectivity index (χ4v) is 2.71. The van der Waals surface area contributed by atoms with Gasteiger partial charge in [0.15, 0.2) is 0 Å². The molecular weight excluding hydrogens is 224 g/mol. The molecule has 0 unspecified atom stereocenters. The van der Waals surface area contributed by atoms with Crippen molar-refractivity contribution in [2.75, 3.05) is 18.8 Å². The minimum atomic E-state index is -3.07. The van der Waals surface area contributed by atoms with Gasteiger partial charge in [-0.15, -0.1) is 0 Å². The number of rotatable bonds is 8. The zero-order chi connectivity index (χ0) is 12.0. The molecule has 16 heavy (non-hydrogen) atoms. The first-order chi connectivity index (χ1) is 7.49. The molecule has 5 heteroatoms. The van der Waals surface area contributed by atoms with Crippen molar-refractivity contribution in [3.8, 4) is 0 Å². The second-order valence-corrected chi connectivity index (χ2v) is 6.83. The Morgan fingerprint density at radius 3 is 2.44 bits per heavy atom. The molecule has 0 radical (unpaired) electrons. The van der Waals surface area contributed by atoms with Gasteiger partial charge in [0, 0.05) is 19.1 Å². The molecule has 0 aliphatic heterocycles. The summed E-state index contributed by atoms with van der Waals surface area (Å²) in [6.07, 6.45) is 4.86. The van der Waals surface area contributed by atoms with Crippen LogP contribution in [-0.4, -0.2) is 33.3 Å². The van der Waals surface area contributed by atoms with Gasteiger partial charge in [0.2, 0.25) is 10.0 Å². The molecule has 1 rings (SSSR count). The second kappa shape index (κ2) is 6.57. The lowest BCUT2D eigenvalue weighted by molar-refractivity contribution is 0.297. The maximum atomic E-state index is 11.5. The molecule has 0 heterocycles. The molecule has 96 valence electrons. The molecule has 1 aliphatic carbocycles. The molecule has 0 aromatic rings. The lowest BCUT2D eigenvalue weighted by Gasteiger charge is -2.25. The van der Waals surface area contributed by atoms with Gasteiger partial charge in [-0.05, 0) is 12.3 Å². The van der Waals surface area contributed by atoms with Crippen LogP contribution in [0.25, 0.3) is 0 Å². The van der Waals surface area contributed by atoms with Crippen molar-refractivity contribution in [1.29, 1.82) is 0 Å². The lowest BCUT2D eigenvalue weighted by Crippen LogP contribution is -2.35. The second-order valence-electron chi connectivity index (χ2n) is 4.91. The maximum Gasteiger partial charge on any atom is 0.212 e. The summed E-state index contributed by atoms with van der Waals surface area (Å²) in [7, 11) is -3.07. The normalized spacial score (nSPS) is 17.7. The van der Waals surface area contributed by atoms with Crippen LogP contribution in [0.15, 0.2) is 0 Å². The molecule has 0 spiro atoms. The van der Waals surface area contributed by atoms with Crippen LogP contribution in [0.3, 0.4) is 0 Å². The summed E-state index contributed by atoms with van der Waals surface area (Å²) in [4.78, 5) is 0. The third-order valence-corrected chi connectivity index (χ3v) is 4.41. The molecule has 0 amide bonds. The van der Waals surface area contributed by atoms with Gasteiger partial charge in [-0.3, -0.25) is 0 Å².